The molecular weight excluding hydrogens is 388 g/mol. The van der Waals surface area contributed by atoms with Gasteiger partial charge in [-0.25, -0.2) is 8.42 Å². The van der Waals surface area contributed by atoms with Gasteiger partial charge in [-0.1, -0.05) is 37.3 Å². The molecule has 1 aliphatic heterocycles. The van der Waals surface area contributed by atoms with Crippen molar-refractivity contribution >= 4 is 15.7 Å². The van der Waals surface area contributed by atoms with E-state index in [9.17, 15) is 13.2 Å². The number of amides is 1. The molecule has 1 unspecified atom stereocenters. The Balaban J connectivity index is 1.78. The quantitative estimate of drug-likeness (QED) is 0.715. The van der Waals surface area contributed by atoms with E-state index < -0.39 is 9.84 Å². The molecule has 1 heterocycles. The maximum absolute atomic E-state index is 13.0. The highest BCUT2D eigenvalue weighted by Crippen LogP contribution is 2.25. The number of rotatable bonds is 8. The molecule has 6 nitrogen and oxygen atoms in total. The number of methoxy groups -OCH3 is 1. The Morgan fingerprint density at radius 2 is 1.97 bits per heavy atom. The highest BCUT2D eigenvalue weighted by atomic mass is 32.2. The summed E-state index contributed by atoms with van der Waals surface area (Å²) in [5, 5.41) is 3.06. The number of ether oxygens (including phenoxy) is 1. The lowest BCUT2D eigenvalue weighted by Crippen LogP contribution is -2.44. The summed E-state index contributed by atoms with van der Waals surface area (Å²) in [7, 11) is -1.94. The fourth-order valence-electron chi connectivity index (χ4n) is 3.67. The molecule has 3 rings (SSSR count). The molecule has 1 fully saturated rings. The summed E-state index contributed by atoms with van der Waals surface area (Å²) in [6.45, 7) is 3.48. The van der Waals surface area contributed by atoms with Crippen molar-refractivity contribution < 1.29 is 17.9 Å². The highest BCUT2D eigenvalue weighted by Gasteiger charge is 2.28. The molecule has 0 aliphatic carbocycles. The number of nitrogens with zero attached hydrogens (tertiary/aromatic N) is 1. The second kappa shape index (κ2) is 9.41. The van der Waals surface area contributed by atoms with Gasteiger partial charge in [0.15, 0.2) is 9.84 Å². The molecule has 156 valence electrons. The van der Waals surface area contributed by atoms with E-state index in [4.69, 9.17) is 4.74 Å². The summed E-state index contributed by atoms with van der Waals surface area (Å²) < 4.78 is 30.2. The molecular formula is C22H28N2O4S. The molecule has 1 saturated heterocycles. The molecule has 7 heteroatoms. The van der Waals surface area contributed by atoms with Gasteiger partial charge in [0, 0.05) is 13.1 Å². The van der Waals surface area contributed by atoms with Crippen molar-refractivity contribution in [2.45, 2.75) is 43.8 Å². The van der Waals surface area contributed by atoms with Gasteiger partial charge in [-0.2, -0.15) is 0 Å². The van der Waals surface area contributed by atoms with E-state index in [-0.39, 0.29) is 28.3 Å². The van der Waals surface area contributed by atoms with Crippen LogP contribution in [0.2, 0.25) is 0 Å². The van der Waals surface area contributed by atoms with E-state index in [1.54, 1.807) is 6.07 Å². The zero-order valence-electron chi connectivity index (χ0n) is 16.9. The van der Waals surface area contributed by atoms with E-state index in [1.807, 2.05) is 25.1 Å². The van der Waals surface area contributed by atoms with Gasteiger partial charge in [-0.15, -0.1) is 0 Å². The van der Waals surface area contributed by atoms with E-state index in [2.05, 4.69) is 22.3 Å². The first-order chi connectivity index (χ1) is 13.9. The van der Waals surface area contributed by atoms with Crippen LogP contribution >= 0.6 is 0 Å². The van der Waals surface area contributed by atoms with E-state index in [1.165, 1.54) is 24.8 Å². The fraction of sp³-hybridized carbons (Fsp3) is 0.409. The number of benzene rings is 2. The Morgan fingerprint density at radius 3 is 2.66 bits per heavy atom. The van der Waals surface area contributed by atoms with Crippen LogP contribution in [0.15, 0.2) is 53.4 Å². The number of hydrogen-bond acceptors (Lipinski definition) is 5. The molecule has 0 aromatic heterocycles. The fourth-order valence-corrected chi connectivity index (χ4v) is 5.02. The van der Waals surface area contributed by atoms with Crippen molar-refractivity contribution in [2.24, 2.45) is 0 Å². The van der Waals surface area contributed by atoms with Crippen molar-refractivity contribution in [1.29, 1.82) is 0 Å². The largest absolute Gasteiger partial charge is 0.496 e. The maximum atomic E-state index is 13.0. The third-order valence-corrected chi connectivity index (χ3v) is 7.06. The second-order valence-electron chi connectivity index (χ2n) is 7.27. The Hall–Kier alpha value is -2.38. The molecule has 1 amide bonds. The lowest BCUT2D eigenvalue weighted by Gasteiger charge is -2.25. The first kappa shape index (κ1) is 21.3. The number of carbonyl (C=O) groups is 1. The highest BCUT2D eigenvalue weighted by molar-refractivity contribution is 7.91. The topological polar surface area (TPSA) is 75.7 Å². The minimum atomic E-state index is -3.42. The van der Waals surface area contributed by atoms with Gasteiger partial charge in [-0.05, 0) is 43.0 Å². The van der Waals surface area contributed by atoms with Crippen LogP contribution in [0.5, 0.6) is 5.75 Å². The van der Waals surface area contributed by atoms with Crippen LogP contribution in [0.4, 0.5) is 0 Å². The SMILES string of the molecule is CCCS(=O)(=O)c1ccc(OC)c(C(=O)NC2CCCN2Cc2ccccc2)c1. The van der Waals surface area contributed by atoms with Crippen LogP contribution in [-0.2, 0) is 16.4 Å². The van der Waals surface area contributed by atoms with Gasteiger partial charge in [-0.3, -0.25) is 9.69 Å². The summed E-state index contributed by atoms with van der Waals surface area (Å²) in [5.74, 6) is 0.0966. The van der Waals surface area contributed by atoms with Crippen LogP contribution in [0.1, 0.15) is 42.1 Å². The normalized spacial score (nSPS) is 17.2. The number of likely N-dealkylation sites (tertiary alicyclic amines) is 1. The molecule has 29 heavy (non-hydrogen) atoms. The molecule has 1 atom stereocenters. The van der Waals surface area contributed by atoms with Crippen LogP contribution in [0.25, 0.3) is 0 Å². The van der Waals surface area contributed by atoms with Gasteiger partial charge in [0.25, 0.3) is 5.91 Å². The van der Waals surface area contributed by atoms with Crippen molar-refractivity contribution in [1.82, 2.24) is 10.2 Å². The van der Waals surface area contributed by atoms with Gasteiger partial charge in [0.2, 0.25) is 0 Å². The van der Waals surface area contributed by atoms with Crippen LogP contribution in [0, 0.1) is 0 Å². The molecule has 2 aromatic carbocycles. The predicted molar refractivity (Wildman–Crippen MR) is 113 cm³/mol. The lowest BCUT2D eigenvalue weighted by molar-refractivity contribution is 0.0878. The minimum absolute atomic E-state index is 0.0495. The molecule has 1 aliphatic rings. The van der Waals surface area contributed by atoms with Gasteiger partial charge in [0.1, 0.15) is 5.75 Å². The minimum Gasteiger partial charge on any atom is -0.496 e. The monoisotopic (exact) mass is 416 g/mol. The number of sulfone groups is 1. The van der Waals surface area contributed by atoms with E-state index in [0.717, 1.165) is 25.9 Å². The Bertz CT molecular complexity index is 945. The van der Waals surface area contributed by atoms with Crippen LogP contribution in [0.3, 0.4) is 0 Å². The van der Waals surface area contributed by atoms with Crippen molar-refractivity contribution in [2.75, 3.05) is 19.4 Å². The predicted octanol–water partition coefficient (Wildman–Crippen LogP) is 3.23. The lowest BCUT2D eigenvalue weighted by atomic mass is 10.1. The standard InChI is InChI=1S/C22H28N2O4S/c1-3-14-29(26,27)18-11-12-20(28-2)19(15-18)22(25)23-21-10-7-13-24(21)16-17-8-5-4-6-9-17/h4-6,8-9,11-12,15,21H,3,7,10,13-14,16H2,1-2H3,(H,23,25). The van der Waals surface area contributed by atoms with Gasteiger partial charge < -0.3 is 10.1 Å². The molecule has 2 aromatic rings. The zero-order valence-corrected chi connectivity index (χ0v) is 17.7. The third-order valence-electron chi connectivity index (χ3n) is 5.14. The van der Waals surface area contributed by atoms with Gasteiger partial charge >= 0.3 is 0 Å². The Kier molecular flexibility index (Phi) is 6.92. The van der Waals surface area contributed by atoms with Crippen molar-refractivity contribution in [3.63, 3.8) is 0 Å². The molecule has 1 N–H and O–H groups in total. The Labute approximate surface area is 172 Å². The van der Waals surface area contributed by atoms with Crippen LogP contribution < -0.4 is 10.1 Å². The smallest absolute Gasteiger partial charge is 0.256 e. The Morgan fingerprint density at radius 1 is 1.21 bits per heavy atom. The molecule has 0 saturated carbocycles. The number of carbonyl (C=O) groups excluding carboxylic acids is 1. The second-order valence-corrected chi connectivity index (χ2v) is 9.38. The summed E-state index contributed by atoms with van der Waals surface area (Å²) in [4.78, 5) is 15.4. The van der Waals surface area contributed by atoms with Crippen molar-refractivity contribution in [3.8, 4) is 5.75 Å². The third kappa shape index (κ3) is 5.16. The summed E-state index contributed by atoms with van der Waals surface area (Å²) in [6.07, 6.45) is 2.28. The number of nitrogens with one attached hydrogen (secondary N) is 1. The number of hydrogen-bond donors (Lipinski definition) is 1. The first-order valence-corrected chi connectivity index (χ1v) is 11.6. The van der Waals surface area contributed by atoms with Gasteiger partial charge in [0.05, 0.1) is 29.5 Å². The molecule has 0 spiro atoms. The molecule has 0 bridgehead atoms. The van der Waals surface area contributed by atoms with E-state index >= 15 is 0 Å². The summed E-state index contributed by atoms with van der Waals surface area (Å²) in [5.41, 5.74) is 1.44. The zero-order chi connectivity index (χ0) is 20.9. The molecule has 0 radical (unpaired) electrons. The summed E-state index contributed by atoms with van der Waals surface area (Å²) >= 11 is 0. The van der Waals surface area contributed by atoms with E-state index in [0.29, 0.717) is 12.2 Å². The average Bonchev–Trinajstić information content (AvgIpc) is 3.14. The maximum Gasteiger partial charge on any atom is 0.256 e. The first-order valence-electron chi connectivity index (χ1n) is 9.94. The van der Waals surface area contributed by atoms with Crippen molar-refractivity contribution in [3.05, 3.63) is 59.7 Å². The average molecular weight is 417 g/mol. The summed E-state index contributed by atoms with van der Waals surface area (Å²) in [6, 6.07) is 14.6. The van der Waals surface area contributed by atoms with Crippen LogP contribution in [-0.4, -0.2) is 44.8 Å².